The molecule has 0 amide bonds. The summed E-state index contributed by atoms with van der Waals surface area (Å²) in [5.41, 5.74) is 1.17. The molecule has 1 unspecified atom stereocenters. The molecule has 14 heavy (non-hydrogen) atoms. The minimum atomic E-state index is 0.396. The highest BCUT2D eigenvalue weighted by Crippen LogP contribution is 2.30. The highest BCUT2D eigenvalue weighted by molar-refractivity contribution is 9.11. The summed E-state index contributed by atoms with van der Waals surface area (Å²) in [6.45, 7) is 1.11. The first kappa shape index (κ1) is 8.60. The van der Waals surface area contributed by atoms with Crippen LogP contribution in [0.25, 0.3) is 0 Å². The lowest BCUT2D eigenvalue weighted by atomic mass is 10.0. The average molecular weight is 252 g/mol. The Morgan fingerprint density at radius 2 is 2.29 bits per heavy atom. The Hall–Kier alpha value is -0.700. The first-order valence-electron chi connectivity index (χ1n) is 5.07. The molecular formula is C11H12BrN2+. The zero-order valence-corrected chi connectivity index (χ0v) is 9.44. The average Bonchev–Trinajstić information content (AvgIpc) is 2.84. The summed E-state index contributed by atoms with van der Waals surface area (Å²) < 4.78 is 3.27. The fourth-order valence-electron chi connectivity index (χ4n) is 1.84. The molecule has 3 aliphatic rings. The lowest BCUT2D eigenvalue weighted by molar-refractivity contribution is -0.529. The van der Waals surface area contributed by atoms with Gasteiger partial charge in [0, 0.05) is 10.4 Å². The van der Waals surface area contributed by atoms with Gasteiger partial charge in [-0.1, -0.05) is 26.7 Å². The van der Waals surface area contributed by atoms with Crippen molar-refractivity contribution < 1.29 is 4.68 Å². The van der Waals surface area contributed by atoms with Crippen LogP contribution in [0.15, 0.2) is 27.8 Å². The normalized spacial score (nSPS) is 29.5. The van der Waals surface area contributed by atoms with Crippen molar-refractivity contribution in [3.05, 3.63) is 22.7 Å². The molecule has 0 aromatic carbocycles. The van der Waals surface area contributed by atoms with E-state index in [9.17, 15) is 0 Å². The highest BCUT2D eigenvalue weighted by atomic mass is 79.9. The van der Waals surface area contributed by atoms with Crippen LogP contribution in [-0.2, 0) is 0 Å². The van der Waals surface area contributed by atoms with Crippen molar-refractivity contribution in [1.82, 2.24) is 0 Å². The molecule has 0 spiro atoms. The topological polar surface area (TPSA) is 15.4 Å². The second-order valence-corrected chi connectivity index (χ2v) is 5.07. The number of nitrogens with zero attached hydrogens (tertiary/aromatic N) is 2. The molecule has 1 aliphatic heterocycles. The third-order valence-electron chi connectivity index (χ3n) is 2.81. The third-order valence-corrected chi connectivity index (χ3v) is 3.34. The number of halogens is 1. The Bertz CT molecular complexity index is 386. The predicted molar refractivity (Wildman–Crippen MR) is 61.0 cm³/mol. The van der Waals surface area contributed by atoms with Gasteiger partial charge in [-0.15, -0.1) is 0 Å². The Kier molecular flexibility index (Phi) is 1.94. The molecule has 3 heteroatoms. The van der Waals surface area contributed by atoms with Crippen LogP contribution in [-0.4, -0.2) is 23.2 Å². The maximum Gasteiger partial charge on any atom is 0.186 e. The molecule has 2 aliphatic carbocycles. The van der Waals surface area contributed by atoms with Crippen molar-refractivity contribution in [2.24, 2.45) is 16.9 Å². The van der Waals surface area contributed by atoms with Gasteiger partial charge >= 0.3 is 0 Å². The van der Waals surface area contributed by atoms with E-state index in [1.165, 1.54) is 18.6 Å². The van der Waals surface area contributed by atoms with Gasteiger partial charge in [-0.25, -0.2) is 0 Å². The lowest BCUT2D eigenvalue weighted by Gasteiger charge is -2.02. The summed E-state index contributed by atoms with van der Waals surface area (Å²) in [6, 6.07) is 0. The summed E-state index contributed by atoms with van der Waals surface area (Å²) in [4.78, 5) is 0. The minimum Gasteiger partial charge on any atom is -0.0937 e. The Morgan fingerprint density at radius 3 is 3.07 bits per heavy atom. The fraction of sp³-hybridized carbons (Fsp3) is 0.455. The predicted octanol–water partition coefficient (Wildman–Crippen LogP) is 2.31. The van der Waals surface area contributed by atoms with Crippen LogP contribution in [0.1, 0.15) is 12.8 Å². The second-order valence-electron chi connectivity index (χ2n) is 4.15. The zero-order chi connectivity index (χ0) is 9.54. The van der Waals surface area contributed by atoms with Gasteiger partial charge in [0.1, 0.15) is 11.6 Å². The standard InChI is InChI=1S/C11H12BrN2/c12-10-3-4-11-9(5-10)7-14(13-11)6-8-1-2-8/h3-5,7-9H,1-2,6H2/q+1. The van der Waals surface area contributed by atoms with Gasteiger partial charge in [0.25, 0.3) is 0 Å². The van der Waals surface area contributed by atoms with E-state index in [4.69, 9.17) is 0 Å². The monoisotopic (exact) mass is 251 g/mol. The Labute approximate surface area is 91.8 Å². The summed E-state index contributed by atoms with van der Waals surface area (Å²) in [5, 5.41) is 4.57. The van der Waals surface area contributed by atoms with Crippen LogP contribution < -0.4 is 0 Å². The number of hydrogen-bond acceptors (Lipinski definition) is 1. The van der Waals surface area contributed by atoms with Crippen LogP contribution in [0.2, 0.25) is 0 Å². The molecule has 0 aromatic heterocycles. The molecule has 72 valence electrons. The molecule has 1 heterocycles. The molecular weight excluding hydrogens is 240 g/mol. The van der Waals surface area contributed by atoms with E-state index in [2.05, 4.69) is 50.2 Å². The van der Waals surface area contributed by atoms with Crippen molar-refractivity contribution in [3.63, 3.8) is 0 Å². The van der Waals surface area contributed by atoms with E-state index >= 15 is 0 Å². The van der Waals surface area contributed by atoms with E-state index in [0.29, 0.717) is 5.92 Å². The maximum absolute atomic E-state index is 4.57. The van der Waals surface area contributed by atoms with E-state index in [0.717, 1.165) is 16.9 Å². The molecule has 0 N–H and O–H groups in total. The van der Waals surface area contributed by atoms with Gasteiger partial charge in [0.05, 0.1) is 0 Å². The van der Waals surface area contributed by atoms with Crippen LogP contribution >= 0.6 is 15.9 Å². The smallest absolute Gasteiger partial charge is 0.0937 e. The van der Waals surface area contributed by atoms with Gasteiger partial charge < -0.3 is 0 Å². The molecule has 0 aromatic rings. The molecule has 3 rings (SSSR count). The van der Waals surface area contributed by atoms with E-state index < -0.39 is 0 Å². The SMILES string of the molecule is BrC1=CC2C=[N+](CC3CC3)N=C2C=C1. The molecule has 1 saturated carbocycles. The van der Waals surface area contributed by atoms with E-state index in [1.54, 1.807) is 0 Å². The zero-order valence-electron chi connectivity index (χ0n) is 7.86. The van der Waals surface area contributed by atoms with Gasteiger partial charge in [0.2, 0.25) is 0 Å². The van der Waals surface area contributed by atoms with Gasteiger partial charge in [0.15, 0.2) is 12.8 Å². The van der Waals surface area contributed by atoms with Crippen LogP contribution in [0.5, 0.6) is 0 Å². The van der Waals surface area contributed by atoms with E-state index in [1.807, 2.05) is 0 Å². The second kappa shape index (κ2) is 3.16. The maximum atomic E-state index is 4.57. The first-order chi connectivity index (χ1) is 6.81. The van der Waals surface area contributed by atoms with Gasteiger partial charge in [-0.05, 0) is 30.1 Å². The van der Waals surface area contributed by atoms with Gasteiger partial charge in [-0.3, -0.25) is 0 Å². The molecule has 1 fully saturated rings. The minimum absolute atomic E-state index is 0.396. The number of hydrogen-bond donors (Lipinski definition) is 0. The molecule has 1 atom stereocenters. The van der Waals surface area contributed by atoms with Crippen LogP contribution in [0, 0.1) is 11.8 Å². The largest absolute Gasteiger partial charge is 0.186 e. The van der Waals surface area contributed by atoms with E-state index in [-0.39, 0.29) is 0 Å². The summed E-state index contributed by atoms with van der Waals surface area (Å²) >= 11 is 3.49. The highest BCUT2D eigenvalue weighted by Gasteiger charge is 2.32. The van der Waals surface area contributed by atoms with Crippen LogP contribution in [0.3, 0.4) is 0 Å². The first-order valence-corrected chi connectivity index (χ1v) is 5.86. The van der Waals surface area contributed by atoms with Crippen molar-refractivity contribution in [2.45, 2.75) is 12.8 Å². The molecule has 2 nitrogen and oxygen atoms in total. The molecule has 0 bridgehead atoms. The van der Waals surface area contributed by atoms with Crippen molar-refractivity contribution in [1.29, 1.82) is 0 Å². The number of allylic oxidation sites excluding steroid dienone is 4. The summed E-state index contributed by atoms with van der Waals surface area (Å²) in [6.07, 6.45) is 11.3. The Morgan fingerprint density at radius 1 is 1.43 bits per heavy atom. The van der Waals surface area contributed by atoms with Gasteiger partial charge in [-0.2, -0.15) is 0 Å². The quantitative estimate of drug-likeness (QED) is 0.670. The number of fused-ring (bicyclic) bond motifs is 1. The number of rotatable bonds is 2. The third kappa shape index (κ3) is 1.61. The molecule has 0 saturated heterocycles. The summed E-state index contributed by atoms with van der Waals surface area (Å²) in [5.74, 6) is 1.29. The fourth-order valence-corrected chi connectivity index (χ4v) is 2.26. The summed E-state index contributed by atoms with van der Waals surface area (Å²) in [7, 11) is 0. The van der Waals surface area contributed by atoms with Crippen molar-refractivity contribution >= 4 is 27.9 Å². The lowest BCUT2D eigenvalue weighted by Crippen LogP contribution is -2.11. The van der Waals surface area contributed by atoms with Crippen molar-refractivity contribution in [2.75, 3.05) is 6.54 Å². The van der Waals surface area contributed by atoms with Crippen LogP contribution in [0.4, 0.5) is 0 Å². The Balaban J connectivity index is 1.81. The number of hydrazone groups is 1. The van der Waals surface area contributed by atoms with Crippen molar-refractivity contribution in [3.8, 4) is 0 Å². The molecule has 0 radical (unpaired) electrons.